The monoisotopic (exact) mass is 271 g/mol. The number of pyridine rings is 1. The number of morpholine rings is 1. The summed E-state index contributed by atoms with van der Waals surface area (Å²) in [4.78, 5) is 16.2. The summed E-state index contributed by atoms with van der Waals surface area (Å²) in [6, 6.07) is 1.62. The van der Waals surface area contributed by atoms with Gasteiger partial charge in [0.2, 0.25) is 5.15 Å². The van der Waals surface area contributed by atoms with Crippen LogP contribution >= 0.6 is 11.6 Å². The van der Waals surface area contributed by atoms with Crippen LogP contribution in [0, 0.1) is 10.1 Å². The molecule has 7 heteroatoms. The van der Waals surface area contributed by atoms with Crippen LogP contribution in [0.4, 0.5) is 11.4 Å². The Morgan fingerprint density at radius 3 is 2.94 bits per heavy atom. The van der Waals surface area contributed by atoms with Crippen LogP contribution in [0.25, 0.3) is 0 Å². The van der Waals surface area contributed by atoms with Crippen LogP contribution in [-0.2, 0) is 4.74 Å². The normalized spacial score (nSPS) is 18.7. The predicted molar refractivity (Wildman–Crippen MR) is 68.1 cm³/mol. The smallest absolute Gasteiger partial charge is 0.329 e. The van der Waals surface area contributed by atoms with Gasteiger partial charge < -0.3 is 9.64 Å². The first-order valence-electron chi connectivity index (χ1n) is 5.58. The molecule has 6 nitrogen and oxygen atoms in total. The molecule has 1 aromatic rings. The molecule has 1 aliphatic rings. The Balaban J connectivity index is 2.39. The van der Waals surface area contributed by atoms with Crippen molar-refractivity contribution >= 4 is 23.0 Å². The van der Waals surface area contributed by atoms with E-state index in [0.29, 0.717) is 25.4 Å². The lowest BCUT2D eigenvalue weighted by Gasteiger charge is -2.39. The zero-order valence-electron chi connectivity index (χ0n) is 10.2. The molecule has 0 spiro atoms. The molecule has 0 bridgehead atoms. The summed E-state index contributed by atoms with van der Waals surface area (Å²) in [5.74, 6) is 0. The standard InChI is InChI=1S/C11H14ClN3O3/c1-11(2)7-14(5-6-18-11)8-3-4-13-10(12)9(8)15(16)17/h3-4H,5-7H2,1-2H3. The molecule has 2 heterocycles. The number of anilines is 1. The first-order valence-corrected chi connectivity index (χ1v) is 5.96. The van der Waals surface area contributed by atoms with Crippen molar-refractivity contribution in [3.63, 3.8) is 0 Å². The highest BCUT2D eigenvalue weighted by atomic mass is 35.5. The lowest BCUT2D eigenvalue weighted by Crippen LogP contribution is -2.48. The third-order valence-electron chi connectivity index (χ3n) is 2.81. The molecule has 0 aromatic carbocycles. The number of halogens is 1. The van der Waals surface area contributed by atoms with Gasteiger partial charge in [0.25, 0.3) is 0 Å². The van der Waals surface area contributed by atoms with E-state index in [9.17, 15) is 10.1 Å². The van der Waals surface area contributed by atoms with Crippen molar-refractivity contribution in [1.82, 2.24) is 4.98 Å². The fourth-order valence-electron chi connectivity index (χ4n) is 2.07. The zero-order valence-corrected chi connectivity index (χ0v) is 11.0. The molecule has 0 aliphatic carbocycles. The molecule has 0 radical (unpaired) electrons. The molecular weight excluding hydrogens is 258 g/mol. The molecule has 1 aliphatic heterocycles. The van der Waals surface area contributed by atoms with Crippen LogP contribution in [0.15, 0.2) is 12.3 Å². The molecule has 18 heavy (non-hydrogen) atoms. The van der Waals surface area contributed by atoms with Gasteiger partial charge in [0.05, 0.1) is 17.1 Å². The Morgan fingerprint density at radius 2 is 2.33 bits per heavy atom. The molecule has 2 rings (SSSR count). The molecule has 0 N–H and O–H groups in total. The van der Waals surface area contributed by atoms with Crippen molar-refractivity contribution in [2.75, 3.05) is 24.6 Å². The topological polar surface area (TPSA) is 68.5 Å². The fraction of sp³-hybridized carbons (Fsp3) is 0.545. The quantitative estimate of drug-likeness (QED) is 0.469. The summed E-state index contributed by atoms with van der Waals surface area (Å²) in [7, 11) is 0. The van der Waals surface area contributed by atoms with Gasteiger partial charge >= 0.3 is 5.69 Å². The molecule has 1 saturated heterocycles. The van der Waals surface area contributed by atoms with Gasteiger partial charge in [0.15, 0.2) is 0 Å². The SMILES string of the molecule is CC1(C)CN(c2ccnc(Cl)c2[N+](=O)[O-])CCO1. The minimum Gasteiger partial charge on any atom is -0.372 e. The number of hydrogen-bond acceptors (Lipinski definition) is 5. The van der Waals surface area contributed by atoms with E-state index in [1.807, 2.05) is 18.7 Å². The van der Waals surface area contributed by atoms with Crippen molar-refractivity contribution in [2.45, 2.75) is 19.4 Å². The summed E-state index contributed by atoms with van der Waals surface area (Å²) in [6.07, 6.45) is 1.48. The van der Waals surface area contributed by atoms with Crippen LogP contribution in [-0.4, -0.2) is 35.2 Å². The van der Waals surface area contributed by atoms with Crippen LogP contribution in [0.2, 0.25) is 5.15 Å². The van der Waals surface area contributed by atoms with Crippen LogP contribution in [0.1, 0.15) is 13.8 Å². The van der Waals surface area contributed by atoms with Gasteiger partial charge in [-0.3, -0.25) is 10.1 Å². The number of nitro groups is 1. The fourth-order valence-corrected chi connectivity index (χ4v) is 2.29. The number of aromatic nitrogens is 1. The van der Waals surface area contributed by atoms with E-state index in [4.69, 9.17) is 16.3 Å². The van der Waals surface area contributed by atoms with Gasteiger partial charge in [-0.25, -0.2) is 4.98 Å². The Kier molecular flexibility index (Phi) is 3.41. The Hall–Kier alpha value is -1.40. The van der Waals surface area contributed by atoms with Crippen LogP contribution in [0.3, 0.4) is 0 Å². The zero-order chi connectivity index (χ0) is 13.3. The van der Waals surface area contributed by atoms with E-state index >= 15 is 0 Å². The third-order valence-corrected chi connectivity index (χ3v) is 3.08. The number of ether oxygens (including phenoxy) is 1. The molecule has 0 atom stereocenters. The average molecular weight is 272 g/mol. The minimum atomic E-state index is -0.493. The minimum absolute atomic E-state index is 0.0817. The molecule has 0 unspecified atom stereocenters. The predicted octanol–water partition coefficient (Wildman–Crippen LogP) is 2.26. The molecule has 0 saturated carbocycles. The number of hydrogen-bond donors (Lipinski definition) is 0. The maximum absolute atomic E-state index is 11.1. The number of rotatable bonds is 2. The van der Waals surface area contributed by atoms with E-state index in [-0.39, 0.29) is 16.4 Å². The van der Waals surface area contributed by atoms with Gasteiger partial charge in [-0.2, -0.15) is 0 Å². The second-order valence-corrected chi connectivity index (χ2v) is 5.11. The highest BCUT2D eigenvalue weighted by Gasteiger charge is 2.32. The van der Waals surface area contributed by atoms with Gasteiger partial charge in [-0.1, -0.05) is 11.6 Å². The maximum Gasteiger partial charge on any atom is 0.329 e. The molecule has 1 fully saturated rings. The van der Waals surface area contributed by atoms with Crippen molar-refractivity contribution in [3.05, 3.63) is 27.5 Å². The van der Waals surface area contributed by atoms with Crippen molar-refractivity contribution in [2.24, 2.45) is 0 Å². The van der Waals surface area contributed by atoms with E-state index in [2.05, 4.69) is 4.98 Å². The van der Waals surface area contributed by atoms with Crippen molar-refractivity contribution in [1.29, 1.82) is 0 Å². The number of nitrogens with zero attached hydrogens (tertiary/aromatic N) is 3. The van der Waals surface area contributed by atoms with E-state index < -0.39 is 4.92 Å². The van der Waals surface area contributed by atoms with Gasteiger partial charge in [-0.05, 0) is 19.9 Å². The lowest BCUT2D eigenvalue weighted by molar-refractivity contribution is -0.384. The van der Waals surface area contributed by atoms with Gasteiger partial charge in [0, 0.05) is 19.3 Å². The Labute approximate surface area is 110 Å². The summed E-state index contributed by atoms with van der Waals surface area (Å²) in [6.45, 7) is 5.62. The Bertz CT molecular complexity index is 479. The Morgan fingerprint density at radius 1 is 1.61 bits per heavy atom. The maximum atomic E-state index is 11.1. The highest BCUT2D eigenvalue weighted by molar-refractivity contribution is 6.32. The lowest BCUT2D eigenvalue weighted by atomic mass is 10.1. The van der Waals surface area contributed by atoms with Crippen LogP contribution in [0.5, 0.6) is 0 Å². The molecule has 1 aromatic heterocycles. The largest absolute Gasteiger partial charge is 0.372 e. The van der Waals surface area contributed by atoms with Crippen molar-refractivity contribution < 1.29 is 9.66 Å². The first kappa shape index (κ1) is 13.0. The second kappa shape index (κ2) is 4.70. The van der Waals surface area contributed by atoms with Crippen LogP contribution < -0.4 is 4.90 Å². The van der Waals surface area contributed by atoms with Gasteiger partial charge in [-0.15, -0.1) is 0 Å². The summed E-state index contributed by atoms with van der Waals surface area (Å²) in [5.41, 5.74) is 0.0234. The molecular formula is C11H14ClN3O3. The van der Waals surface area contributed by atoms with Gasteiger partial charge in [0.1, 0.15) is 5.69 Å². The average Bonchev–Trinajstić information content (AvgIpc) is 2.26. The third kappa shape index (κ3) is 2.54. The van der Waals surface area contributed by atoms with E-state index in [1.54, 1.807) is 6.07 Å². The summed E-state index contributed by atoms with van der Waals surface area (Å²) in [5, 5.41) is 11.0. The first-order chi connectivity index (χ1) is 8.41. The molecule has 98 valence electrons. The van der Waals surface area contributed by atoms with Crippen molar-refractivity contribution in [3.8, 4) is 0 Å². The second-order valence-electron chi connectivity index (χ2n) is 4.76. The molecule has 0 amide bonds. The van der Waals surface area contributed by atoms with E-state index in [1.165, 1.54) is 6.20 Å². The van der Waals surface area contributed by atoms with E-state index in [0.717, 1.165) is 0 Å². The highest BCUT2D eigenvalue weighted by Crippen LogP contribution is 2.35. The summed E-state index contributed by atoms with van der Waals surface area (Å²) >= 11 is 5.80. The summed E-state index contributed by atoms with van der Waals surface area (Å²) < 4.78 is 5.59.